The smallest absolute Gasteiger partial charge is 0.167 e. The van der Waals surface area contributed by atoms with E-state index in [1.54, 1.807) is 32.2 Å². The second kappa shape index (κ2) is 6.67. The van der Waals surface area contributed by atoms with Crippen LogP contribution >= 0.6 is 15.9 Å². The SMILES string of the molecule is CCOc1cc(Oc2ccc(OC)cc2Br)c(N)cc1F. The Bertz CT molecular complexity index is 649. The quantitative estimate of drug-likeness (QED) is 0.809. The molecule has 0 amide bonds. The van der Waals surface area contributed by atoms with Crippen molar-refractivity contribution in [1.82, 2.24) is 0 Å². The number of nitrogen functional groups attached to an aromatic ring is 1. The zero-order chi connectivity index (χ0) is 15.4. The van der Waals surface area contributed by atoms with Gasteiger partial charge in [0.1, 0.15) is 11.5 Å². The topological polar surface area (TPSA) is 53.7 Å². The van der Waals surface area contributed by atoms with E-state index < -0.39 is 5.82 Å². The number of rotatable bonds is 5. The first-order chi connectivity index (χ1) is 10.0. The van der Waals surface area contributed by atoms with Gasteiger partial charge in [0, 0.05) is 12.1 Å². The maximum Gasteiger partial charge on any atom is 0.167 e. The highest BCUT2D eigenvalue weighted by Crippen LogP contribution is 2.37. The Hall–Kier alpha value is -1.95. The molecule has 21 heavy (non-hydrogen) atoms. The van der Waals surface area contributed by atoms with E-state index in [-0.39, 0.29) is 11.4 Å². The average Bonchev–Trinajstić information content (AvgIpc) is 2.46. The minimum atomic E-state index is -0.518. The van der Waals surface area contributed by atoms with Crippen molar-refractivity contribution >= 4 is 21.6 Å². The van der Waals surface area contributed by atoms with Crippen LogP contribution in [0.5, 0.6) is 23.0 Å². The van der Waals surface area contributed by atoms with Crippen LogP contribution in [0.3, 0.4) is 0 Å². The second-order valence-corrected chi connectivity index (χ2v) is 5.01. The van der Waals surface area contributed by atoms with Gasteiger partial charge in [0.2, 0.25) is 0 Å². The van der Waals surface area contributed by atoms with Gasteiger partial charge in [0.15, 0.2) is 17.3 Å². The van der Waals surface area contributed by atoms with Crippen molar-refractivity contribution in [3.05, 3.63) is 40.6 Å². The highest BCUT2D eigenvalue weighted by Gasteiger charge is 2.12. The van der Waals surface area contributed by atoms with Gasteiger partial charge in [-0.25, -0.2) is 4.39 Å². The fourth-order valence-corrected chi connectivity index (χ4v) is 2.15. The Labute approximate surface area is 130 Å². The third kappa shape index (κ3) is 3.58. The lowest BCUT2D eigenvalue weighted by Gasteiger charge is -2.13. The number of hydrogen-bond donors (Lipinski definition) is 1. The summed E-state index contributed by atoms with van der Waals surface area (Å²) in [6.07, 6.45) is 0. The Morgan fingerprint density at radius 1 is 1.14 bits per heavy atom. The molecule has 2 N–H and O–H groups in total. The van der Waals surface area contributed by atoms with Gasteiger partial charge >= 0.3 is 0 Å². The highest BCUT2D eigenvalue weighted by atomic mass is 79.9. The third-order valence-corrected chi connectivity index (χ3v) is 3.34. The van der Waals surface area contributed by atoms with Gasteiger partial charge < -0.3 is 19.9 Å². The zero-order valence-corrected chi connectivity index (χ0v) is 13.2. The van der Waals surface area contributed by atoms with Gasteiger partial charge in [-0.05, 0) is 41.1 Å². The molecule has 0 aliphatic rings. The summed E-state index contributed by atoms with van der Waals surface area (Å²) in [6, 6.07) is 7.86. The Morgan fingerprint density at radius 2 is 1.90 bits per heavy atom. The maximum absolute atomic E-state index is 13.6. The average molecular weight is 356 g/mol. The molecule has 0 spiro atoms. The molecule has 0 saturated carbocycles. The number of methoxy groups -OCH3 is 1. The van der Waals surface area contributed by atoms with E-state index in [0.717, 1.165) is 0 Å². The Kier molecular flexibility index (Phi) is 4.90. The lowest BCUT2D eigenvalue weighted by molar-refractivity contribution is 0.319. The molecule has 6 heteroatoms. The van der Waals surface area contributed by atoms with Crippen LogP contribution in [0.25, 0.3) is 0 Å². The molecule has 0 saturated heterocycles. The van der Waals surface area contributed by atoms with E-state index >= 15 is 0 Å². The Morgan fingerprint density at radius 3 is 2.52 bits per heavy atom. The van der Waals surface area contributed by atoms with Crippen LogP contribution in [0.2, 0.25) is 0 Å². The summed E-state index contributed by atoms with van der Waals surface area (Å²) in [7, 11) is 1.58. The first-order valence-electron chi connectivity index (χ1n) is 6.28. The van der Waals surface area contributed by atoms with Crippen LogP contribution in [-0.2, 0) is 0 Å². The van der Waals surface area contributed by atoms with E-state index in [2.05, 4.69) is 15.9 Å². The van der Waals surface area contributed by atoms with Crippen molar-refractivity contribution in [3.8, 4) is 23.0 Å². The Balaban J connectivity index is 2.32. The van der Waals surface area contributed by atoms with E-state index in [9.17, 15) is 4.39 Å². The minimum Gasteiger partial charge on any atom is -0.497 e. The van der Waals surface area contributed by atoms with E-state index in [4.69, 9.17) is 19.9 Å². The van der Waals surface area contributed by atoms with Crippen LogP contribution in [0.4, 0.5) is 10.1 Å². The predicted molar refractivity (Wildman–Crippen MR) is 82.7 cm³/mol. The van der Waals surface area contributed by atoms with Gasteiger partial charge in [-0.2, -0.15) is 0 Å². The molecule has 0 atom stereocenters. The third-order valence-electron chi connectivity index (χ3n) is 2.72. The van der Waals surface area contributed by atoms with Crippen LogP contribution in [0.1, 0.15) is 6.92 Å². The predicted octanol–water partition coefficient (Wildman–Crippen LogP) is 4.37. The first-order valence-corrected chi connectivity index (χ1v) is 7.07. The van der Waals surface area contributed by atoms with Crippen LogP contribution < -0.4 is 19.9 Å². The first kappa shape index (κ1) is 15.4. The van der Waals surface area contributed by atoms with Gasteiger partial charge in [-0.3, -0.25) is 0 Å². The monoisotopic (exact) mass is 355 g/mol. The van der Waals surface area contributed by atoms with Crippen molar-refractivity contribution in [2.75, 3.05) is 19.5 Å². The number of benzene rings is 2. The molecule has 112 valence electrons. The molecule has 0 aliphatic carbocycles. The summed E-state index contributed by atoms with van der Waals surface area (Å²) in [5, 5.41) is 0. The van der Waals surface area contributed by atoms with Gasteiger partial charge in [0.05, 0.1) is 23.9 Å². The van der Waals surface area contributed by atoms with Crippen molar-refractivity contribution < 1.29 is 18.6 Å². The van der Waals surface area contributed by atoms with Crippen LogP contribution in [-0.4, -0.2) is 13.7 Å². The minimum absolute atomic E-state index is 0.103. The summed E-state index contributed by atoms with van der Waals surface area (Å²) in [5.41, 5.74) is 5.97. The molecule has 2 aromatic carbocycles. The van der Waals surface area contributed by atoms with Gasteiger partial charge in [-0.1, -0.05) is 0 Å². The molecule has 0 aromatic heterocycles. The molecule has 0 fully saturated rings. The highest BCUT2D eigenvalue weighted by molar-refractivity contribution is 9.10. The lowest BCUT2D eigenvalue weighted by Crippen LogP contribution is -1.99. The van der Waals surface area contributed by atoms with Gasteiger partial charge in [-0.15, -0.1) is 0 Å². The summed E-state index contributed by atoms with van der Waals surface area (Å²) in [6.45, 7) is 2.13. The van der Waals surface area contributed by atoms with Crippen molar-refractivity contribution in [1.29, 1.82) is 0 Å². The number of halogens is 2. The molecule has 0 radical (unpaired) electrons. The number of anilines is 1. The lowest BCUT2D eigenvalue weighted by atomic mass is 10.2. The molecule has 4 nitrogen and oxygen atoms in total. The molecular formula is C15H15BrFNO3. The maximum atomic E-state index is 13.6. The number of nitrogens with two attached hydrogens (primary N) is 1. The van der Waals surface area contributed by atoms with Crippen molar-refractivity contribution in [3.63, 3.8) is 0 Å². The van der Waals surface area contributed by atoms with Gasteiger partial charge in [0.25, 0.3) is 0 Å². The summed E-state index contributed by atoms with van der Waals surface area (Å²) < 4.78 is 30.4. The summed E-state index contributed by atoms with van der Waals surface area (Å²) in [4.78, 5) is 0. The zero-order valence-electron chi connectivity index (χ0n) is 11.7. The van der Waals surface area contributed by atoms with Crippen molar-refractivity contribution in [2.45, 2.75) is 6.92 Å². The standard InChI is InChI=1S/C15H15BrFNO3/c1-3-20-14-8-15(12(18)7-11(14)17)21-13-5-4-9(19-2)6-10(13)16/h4-8H,3,18H2,1-2H3. The fraction of sp³-hybridized carbons (Fsp3) is 0.200. The molecule has 0 bridgehead atoms. The molecule has 0 aliphatic heterocycles. The molecule has 2 aromatic rings. The number of ether oxygens (including phenoxy) is 3. The molecule has 0 heterocycles. The van der Waals surface area contributed by atoms with Crippen LogP contribution in [0, 0.1) is 5.82 Å². The van der Waals surface area contributed by atoms with E-state index in [1.807, 2.05) is 0 Å². The van der Waals surface area contributed by atoms with E-state index in [0.29, 0.717) is 28.3 Å². The largest absolute Gasteiger partial charge is 0.497 e. The summed E-state index contributed by atoms with van der Waals surface area (Å²) in [5.74, 6) is 1.14. The number of hydrogen-bond acceptors (Lipinski definition) is 4. The fourth-order valence-electron chi connectivity index (χ4n) is 1.71. The van der Waals surface area contributed by atoms with Crippen LogP contribution in [0.15, 0.2) is 34.8 Å². The second-order valence-electron chi connectivity index (χ2n) is 4.15. The summed E-state index contributed by atoms with van der Waals surface area (Å²) >= 11 is 3.38. The van der Waals surface area contributed by atoms with Crippen molar-refractivity contribution in [2.24, 2.45) is 0 Å². The van der Waals surface area contributed by atoms with E-state index in [1.165, 1.54) is 12.1 Å². The normalized spacial score (nSPS) is 10.3. The molecular weight excluding hydrogens is 341 g/mol. The molecule has 0 unspecified atom stereocenters. The molecule has 2 rings (SSSR count).